The number of rotatable bonds is 15. The van der Waals surface area contributed by atoms with Crippen LogP contribution in [0.1, 0.15) is 68.4 Å². The number of anilines is 2. The summed E-state index contributed by atoms with van der Waals surface area (Å²) in [5.74, 6) is 0.581. The van der Waals surface area contributed by atoms with Crippen LogP contribution in [0, 0.1) is 17.1 Å². The summed E-state index contributed by atoms with van der Waals surface area (Å²) in [5, 5.41) is 15.7. The number of carbonyl (C=O) groups excluding carboxylic acids is 1. The molecular formula is C39H51FN8O4. The van der Waals surface area contributed by atoms with Gasteiger partial charge in [0.1, 0.15) is 29.7 Å². The number of fused-ring (bicyclic) bond motifs is 2. The number of pyridine rings is 1. The van der Waals surface area contributed by atoms with Gasteiger partial charge in [-0.1, -0.05) is 12.1 Å². The number of nitrogens with one attached hydrogen (secondary N) is 2. The molecule has 4 N–H and O–H groups in total. The molecule has 0 spiro atoms. The molecular weight excluding hydrogens is 663 g/mol. The summed E-state index contributed by atoms with van der Waals surface area (Å²) < 4.78 is 31.9. The van der Waals surface area contributed by atoms with E-state index >= 15 is 0 Å². The van der Waals surface area contributed by atoms with Gasteiger partial charge in [0.2, 0.25) is 5.88 Å². The highest BCUT2D eigenvalue weighted by Gasteiger charge is 2.41. The normalized spacial score (nSPS) is 21.0. The zero-order valence-corrected chi connectivity index (χ0v) is 30.8. The molecule has 13 heteroatoms. The number of halogens is 1. The molecule has 0 saturated carbocycles. The Bertz CT molecular complexity index is 1740. The number of nitriles is 1. The Balaban J connectivity index is 1.09. The van der Waals surface area contributed by atoms with Gasteiger partial charge in [-0.25, -0.2) is 4.39 Å². The van der Waals surface area contributed by atoms with E-state index in [4.69, 9.17) is 30.2 Å². The minimum absolute atomic E-state index is 0.00562. The number of benzene rings is 2. The third kappa shape index (κ3) is 9.56. The maximum atomic E-state index is 14.4. The number of hydrogen-bond acceptors (Lipinski definition) is 11. The van der Waals surface area contributed by atoms with E-state index in [1.165, 1.54) is 6.07 Å². The van der Waals surface area contributed by atoms with Gasteiger partial charge in [0, 0.05) is 67.8 Å². The minimum atomic E-state index is -0.937. The third-order valence-corrected chi connectivity index (χ3v) is 9.86. The van der Waals surface area contributed by atoms with Gasteiger partial charge in [-0.3, -0.25) is 14.6 Å². The fourth-order valence-corrected chi connectivity index (χ4v) is 7.31. The van der Waals surface area contributed by atoms with Crippen molar-refractivity contribution < 1.29 is 23.4 Å². The molecule has 3 saturated heterocycles. The molecule has 3 aliphatic rings. The summed E-state index contributed by atoms with van der Waals surface area (Å²) in [6.45, 7) is 11.3. The lowest BCUT2D eigenvalue weighted by Crippen LogP contribution is -2.53. The molecule has 4 atom stereocenters. The number of ether oxygens (including phenoxy) is 3. The summed E-state index contributed by atoms with van der Waals surface area (Å²) in [6.07, 6.45) is 3.34. The zero-order valence-electron chi connectivity index (χ0n) is 30.8. The number of nitrogens with two attached hydrogens (primary N) is 1. The monoisotopic (exact) mass is 714 g/mol. The van der Waals surface area contributed by atoms with E-state index < -0.39 is 17.3 Å². The zero-order chi connectivity index (χ0) is 37.0. The maximum Gasteiger partial charge on any atom is 0.253 e. The molecule has 4 heterocycles. The van der Waals surface area contributed by atoms with Crippen LogP contribution in [0.2, 0.25) is 0 Å². The van der Waals surface area contributed by atoms with E-state index in [0.29, 0.717) is 29.1 Å². The Labute approximate surface area is 306 Å². The number of amides is 1. The fourth-order valence-electron chi connectivity index (χ4n) is 7.31. The lowest BCUT2D eigenvalue weighted by Gasteiger charge is -2.40. The number of hydrogen-bond donors (Lipinski definition) is 3. The second-order valence-corrected chi connectivity index (χ2v) is 15.1. The predicted octanol–water partition coefficient (Wildman–Crippen LogP) is 4.66. The molecule has 6 rings (SSSR count). The average molecular weight is 715 g/mol. The number of nitrogens with zero attached hydrogens (tertiary/aromatic N) is 5. The Morgan fingerprint density at radius 1 is 1.15 bits per heavy atom. The van der Waals surface area contributed by atoms with Gasteiger partial charge in [0.15, 0.2) is 0 Å². The summed E-state index contributed by atoms with van der Waals surface area (Å²) in [6, 6.07) is 20.3. The molecule has 3 unspecified atom stereocenters. The first-order valence-electron chi connectivity index (χ1n) is 18.0. The van der Waals surface area contributed by atoms with Crippen molar-refractivity contribution in [2.24, 2.45) is 5.73 Å². The lowest BCUT2D eigenvalue weighted by atomic mass is 10.0. The molecule has 3 aromatic rings. The van der Waals surface area contributed by atoms with E-state index in [1.54, 1.807) is 45.9 Å². The molecule has 52 heavy (non-hydrogen) atoms. The molecule has 2 aromatic carbocycles. The van der Waals surface area contributed by atoms with Gasteiger partial charge < -0.3 is 35.5 Å². The quantitative estimate of drug-likeness (QED) is 0.189. The summed E-state index contributed by atoms with van der Waals surface area (Å²) >= 11 is 0. The molecule has 0 aliphatic carbocycles. The van der Waals surface area contributed by atoms with Gasteiger partial charge in [0.25, 0.3) is 5.91 Å². The maximum absolute atomic E-state index is 14.4. The summed E-state index contributed by atoms with van der Waals surface area (Å²) in [7, 11) is 2.13. The topological polar surface area (TPSA) is 141 Å². The lowest BCUT2D eigenvalue weighted by molar-refractivity contribution is -0.129. The van der Waals surface area contributed by atoms with Crippen LogP contribution in [0.25, 0.3) is 0 Å². The van der Waals surface area contributed by atoms with Gasteiger partial charge in [-0.2, -0.15) is 10.2 Å². The smallest absolute Gasteiger partial charge is 0.253 e. The number of aromatic nitrogens is 1. The number of carbonyl (C=O) groups is 1. The highest BCUT2D eigenvalue weighted by Crippen LogP contribution is 2.34. The molecule has 1 amide bonds. The summed E-state index contributed by atoms with van der Waals surface area (Å²) in [4.78, 5) is 25.1. The second-order valence-electron chi connectivity index (χ2n) is 15.1. The first kappa shape index (κ1) is 37.4. The van der Waals surface area contributed by atoms with Crippen LogP contribution in [-0.4, -0.2) is 96.3 Å². The Morgan fingerprint density at radius 2 is 1.92 bits per heavy atom. The average Bonchev–Trinajstić information content (AvgIpc) is 3.42. The third-order valence-electron chi connectivity index (χ3n) is 9.86. The molecule has 1 aromatic heterocycles. The van der Waals surface area contributed by atoms with Crippen LogP contribution in [-0.2, 0) is 16.1 Å². The van der Waals surface area contributed by atoms with Crippen molar-refractivity contribution in [3.63, 3.8) is 0 Å². The minimum Gasteiger partial charge on any atom is -0.473 e. The Hall–Kier alpha value is -4.32. The van der Waals surface area contributed by atoms with E-state index in [2.05, 4.69) is 32.4 Å². The van der Waals surface area contributed by atoms with E-state index in [9.17, 15) is 9.18 Å². The first-order valence-corrected chi connectivity index (χ1v) is 18.0. The fraction of sp³-hybridized carbons (Fsp3) is 0.513. The molecule has 2 bridgehead atoms. The SMILES string of the molecule is CN(CC1CCO1)C(CN1CCC2C[C@H]1CN2c1cccc(OCc2ccc(C#N)cc2F)n1)Nc1ccc(C(=O)NC(C)(C)OC(C)(C)N)cc1. The van der Waals surface area contributed by atoms with Crippen molar-refractivity contribution in [2.45, 2.75) is 89.4 Å². The van der Waals surface area contributed by atoms with Crippen molar-refractivity contribution >= 4 is 17.4 Å². The number of likely N-dealkylation sites (N-methyl/N-ethyl adjacent to an activating group) is 1. The van der Waals surface area contributed by atoms with E-state index in [0.717, 1.165) is 63.6 Å². The molecule has 3 aliphatic heterocycles. The van der Waals surface area contributed by atoms with Crippen LogP contribution in [0.15, 0.2) is 60.7 Å². The summed E-state index contributed by atoms with van der Waals surface area (Å²) in [5.41, 5.74) is 6.28. The van der Waals surface area contributed by atoms with Crippen molar-refractivity contribution in [2.75, 3.05) is 50.1 Å². The Kier molecular flexibility index (Phi) is 11.3. The van der Waals surface area contributed by atoms with E-state index in [-0.39, 0.29) is 30.3 Å². The second kappa shape index (κ2) is 15.7. The van der Waals surface area contributed by atoms with Crippen molar-refractivity contribution in [3.8, 4) is 11.9 Å². The molecule has 0 radical (unpaired) electrons. The predicted molar refractivity (Wildman–Crippen MR) is 197 cm³/mol. The molecule has 278 valence electrons. The van der Waals surface area contributed by atoms with E-state index in [1.807, 2.05) is 42.5 Å². The van der Waals surface area contributed by atoms with Crippen LogP contribution in [0.3, 0.4) is 0 Å². The van der Waals surface area contributed by atoms with Gasteiger partial charge in [-0.05, 0) is 96.5 Å². The van der Waals surface area contributed by atoms with Crippen LogP contribution in [0.4, 0.5) is 15.9 Å². The highest BCUT2D eigenvalue weighted by molar-refractivity contribution is 5.94. The van der Waals surface area contributed by atoms with Crippen molar-refractivity contribution in [1.82, 2.24) is 20.1 Å². The number of piperidine rings is 1. The van der Waals surface area contributed by atoms with Crippen molar-refractivity contribution in [1.29, 1.82) is 5.26 Å². The van der Waals surface area contributed by atoms with Crippen LogP contribution >= 0.6 is 0 Å². The standard InChI is InChI=1S/C39H51FN8O4/c1-38(2,42)52-39(3,4)45-37(49)27-11-13-29(14-12-27)43-35(46(5)23-32-16-18-50-32)24-47-17-15-30-20-31(47)22-48(30)34-7-6-8-36(44-34)51-25-28-10-9-26(21-41)19-33(28)40/h6-14,19,30-32,35,43H,15-18,20,22-25,42H2,1-5H3,(H,45,49)/t30?,31-,32?,35?/m0/s1. The van der Waals surface area contributed by atoms with Gasteiger partial charge in [-0.15, -0.1) is 0 Å². The highest BCUT2D eigenvalue weighted by atomic mass is 19.1. The first-order chi connectivity index (χ1) is 24.7. The Morgan fingerprint density at radius 3 is 2.60 bits per heavy atom. The van der Waals surface area contributed by atoms with Gasteiger partial charge >= 0.3 is 0 Å². The van der Waals surface area contributed by atoms with Crippen LogP contribution < -0.4 is 26.0 Å². The van der Waals surface area contributed by atoms with Crippen LogP contribution in [0.5, 0.6) is 5.88 Å². The largest absolute Gasteiger partial charge is 0.473 e. The molecule has 12 nitrogen and oxygen atoms in total. The molecule has 3 fully saturated rings. The number of likely N-dealkylation sites (tertiary alicyclic amines) is 1. The van der Waals surface area contributed by atoms with Gasteiger partial charge in [0.05, 0.1) is 23.9 Å². The van der Waals surface area contributed by atoms with Crippen molar-refractivity contribution in [3.05, 3.63) is 83.2 Å².